The Balaban J connectivity index is 3.88. The van der Waals surface area contributed by atoms with Crippen LogP contribution in [0, 0.1) is 0 Å². The Kier molecular flexibility index (Phi) is 55.3. The second-order valence-corrected chi connectivity index (χ2v) is 22.2. The van der Waals surface area contributed by atoms with Gasteiger partial charge in [-0.1, -0.05) is 303 Å². The van der Waals surface area contributed by atoms with Crippen LogP contribution in [0.4, 0.5) is 0 Å². The van der Waals surface area contributed by atoms with Gasteiger partial charge in [0, 0.05) is 13.0 Å². The summed E-state index contributed by atoms with van der Waals surface area (Å²) in [5, 5.41) is 18.5. The minimum absolute atomic E-state index is 0.0591. The van der Waals surface area contributed by atoms with Gasteiger partial charge >= 0.3 is 13.8 Å². The van der Waals surface area contributed by atoms with E-state index in [0.29, 0.717) is 6.61 Å². The summed E-state index contributed by atoms with van der Waals surface area (Å²) in [6, 6.07) is 0. The highest BCUT2D eigenvalue weighted by atomic mass is 31.2. The van der Waals surface area contributed by atoms with Gasteiger partial charge in [-0.25, -0.2) is 4.57 Å². The smallest absolute Gasteiger partial charge is 0.457 e. The molecule has 9 nitrogen and oxygen atoms in total. The highest BCUT2D eigenvalue weighted by Gasteiger charge is 2.26. The van der Waals surface area contributed by atoms with Crippen LogP contribution in [0.1, 0.15) is 322 Å². The molecule has 0 aromatic rings. The normalized spacial score (nSPS) is 13.5. The molecule has 3 atom stereocenters. The zero-order chi connectivity index (χ0) is 49.5. The van der Waals surface area contributed by atoms with Crippen molar-refractivity contribution in [1.29, 1.82) is 0 Å². The second-order valence-electron chi connectivity index (χ2n) is 20.7. The number of carbonyl (C=O) groups excluding carboxylic acids is 1. The number of unbranched alkanes of at least 4 members (excludes halogenated alkanes) is 45. The molecule has 10 heteroatoms. The Hall–Kier alpha value is -0.540. The lowest BCUT2D eigenvalue weighted by Gasteiger charge is -2.20. The van der Waals surface area contributed by atoms with Gasteiger partial charge in [-0.05, 0) is 12.8 Å². The van der Waals surface area contributed by atoms with Gasteiger partial charge in [-0.3, -0.25) is 13.8 Å². The fourth-order valence-corrected chi connectivity index (χ4v) is 10.0. The quantitative estimate of drug-likeness (QED) is 0.0310. The van der Waals surface area contributed by atoms with E-state index in [4.69, 9.17) is 23.6 Å². The molecule has 0 rings (SSSR count). The molecule has 0 aliphatic heterocycles. The van der Waals surface area contributed by atoms with Crippen LogP contribution in [0.3, 0.4) is 0 Å². The third kappa shape index (κ3) is 54.8. The molecule has 0 saturated carbocycles. The molecule has 0 radical (unpaired) electrons. The van der Waals surface area contributed by atoms with Crippen LogP contribution in [0.25, 0.3) is 0 Å². The van der Waals surface area contributed by atoms with Crippen molar-refractivity contribution in [1.82, 2.24) is 0 Å². The molecule has 3 N–H and O–H groups in total. The zero-order valence-electron chi connectivity index (χ0n) is 45.4. The van der Waals surface area contributed by atoms with E-state index < -0.39 is 33.2 Å². The van der Waals surface area contributed by atoms with Gasteiger partial charge in [0.25, 0.3) is 0 Å². The summed E-state index contributed by atoms with van der Waals surface area (Å²) in [4.78, 5) is 22.8. The van der Waals surface area contributed by atoms with Gasteiger partial charge < -0.3 is 24.6 Å². The molecular formula is C58H117O9P. The van der Waals surface area contributed by atoms with Gasteiger partial charge in [0.15, 0.2) is 0 Å². The molecule has 0 spiro atoms. The van der Waals surface area contributed by atoms with Crippen molar-refractivity contribution < 1.29 is 43.0 Å². The summed E-state index contributed by atoms with van der Waals surface area (Å²) in [5.74, 6) is -0.371. The van der Waals surface area contributed by atoms with Gasteiger partial charge in [0.2, 0.25) is 0 Å². The lowest BCUT2D eigenvalue weighted by atomic mass is 10.0. The average molecular weight is 990 g/mol. The Bertz CT molecular complexity index is 1030. The fourth-order valence-electron chi connectivity index (χ4n) is 9.24. The predicted molar refractivity (Wildman–Crippen MR) is 288 cm³/mol. The molecule has 0 aromatic carbocycles. The summed E-state index contributed by atoms with van der Waals surface area (Å²) in [6.07, 6.45) is 61.0. The van der Waals surface area contributed by atoms with Crippen LogP contribution in [-0.2, 0) is 27.9 Å². The number of esters is 1. The summed E-state index contributed by atoms with van der Waals surface area (Å²) < 4.78 is 33.6. The molecule has 0 aliphatic rings. The third-order valence-electron chi connectivity index (χ3n) is 13.8. The maximum atomic E-state index is 12.7. The average Bonchev–Trinajstić information content (AvgIpc) is 3.33. The second kappa shape index (κ2) is 55.8. The van der Waals surface area contributed by atoms with E-state index in [1.165, 1.54) is 270 Å². The monoisotopic (exact) mass is 989 g/mol. The minimum atomic E-state index is -4.52. The molecule has 408 valence electrons. The molecular weight excluding hydrogens is 872 g/mol. The highest BCUT2D eigenvalue weighted by Crippen LogP contribution is 2.43. The molecule has 0 fully saturated rings. The molecule has 0 aliphatic carbocycles. The van der Waals surface area contributed by atoms with Crippen LogP contribution in [0.15, 0.2) is 0 Å². The standard InChI is InChI=1S/C58H117O9P/c1-3-5-7-9-11-13-15-17-19-21-23-24-25-26-27-28-29-30-31-32-33-34-36-38-40-42-44-46-48-50-58(61)67-57(55-66-68(62,63)65-53-56(60)52-59)54-64-51-49-47-45-43-41-39-37-35-22-20-18-16-14-12-10-8-6-4-2/h56-57,59-60H,3-55H2,1-2H3,(H,62,63)/t56-,57+/m0/s1. The van der Waals surface area contributed by atoms with Crippen molar-refractivity contribution in [2.45, 2.75) is 334 Å². The number of hydrogen-bond donors (Lipinski definition) is 3. The number of phosphoric acid groups is 1. The Morgan fingerprint density at radius 2 is 0.662 bits per heavy atom. The van der Waals surface area contributed by atoms with Crippen LogP contribution < -0.4 is 0 Å². The number of aliphatic hydroxyl groups is 2. The number of phosphoric ester groups is 1. The van der Waals surface area contributed by atoms with E-state index in [-0.39, 0.29) is 25.6 Å². The van der Waals surface area contributed by atoms with Crippen LogP contribution >= 0.6 is 7.82 Å². The first-order valence-electron chi connectivity index (χ1n) is 30.0. The van der Waals surface area contributed by atoms with Crippen molar-refractivity contribution in [3.8, 4) is 0 Å². The van der Waals surface area contributed by atoms with E-state index in [1.807, 2.05) is 0 Å². The molecule has 0 saturated heterocycles. The van der Waals surface area contributed by atoms with Gasteiger partial charge in [-0.15, -0.1) is 0 Å². The largest absolute Gasteiger partial charge is 0.472 e. The van der Waals surface area contributed by atoms with E-state index >= 15 is 0 Å². The first-order valence-corrected chi connectivity index (χ1v) is 31.5. The maximum absolute atomic E-state index is 12.7. The van der Waals surface area contributed by atoms with E-state index in [9.17, 15) is 19.4 Å². The molecule has 0 bridgehead atoms. The van der Waals surface area contributed by atoms with E-state index in [0.717, 1.165) is 32.1 Å². The Morgan fingerprint density at radius 1 is 0.397 bits per heavy atom. The molecule has 68 heavy (non-hydrogen) atoms. The van der Waals surface area contributed by atoms with Crippen molar-refractivity contribution >= 4 is 13.8 Å². The van der Waals surface area contributed by atoms with Gasteiger partial charge in [0.1, 0.15) is 12.2 Å². The van der Waals surface area contributed by atoms with Crippen molar-refractivity contribution in [2.75, 3.05) is 33.0 Å². The number of rotatable bonds is 59. The number of ether oxygens (including phenoxy) is 2. The van der Waals surface area contributed by atoms with Crippen molar-refractivity contribution in [3.05, 3.63) is 0 Å². The SMILES string of the molecule is CCCCCCCCCCCCCCCCCCCCCCCCCCCCCCCC(=O)O[C@H](COCCCCCCCCCCCCCCCCCCCC)COP(=O)(O)OC[C@@H](O)CO. The predicted octanol–water partition coefficient (Wildman–Crippen LogP) is 18.2. The van der Waals surface area contributed by atoms with Crippen molar-refractivity contribution in [2.24, 2.45) is 0 Å². The van der Waals surface area contributed by atoms with Crippen LogP contribution in [0.5, 0.6) is 0 Å². The molecule has 0 amide bonds. The van der Waals surface area contributed by atoms with Crippen LogP contribution in [-0.4, -0.2) is 66.3 Å². The summed E-state index contributed by atoms with van der Waals surface area (Å²) in [7, 11) is -4.52. The topological polar surface area (TPSA) is 132 Å². The number of hydrogen-bond acceptors (Lipinski definition) is 8. The van der Waals surface area contributed by atoms with Gasteiger partial charge in [-0.2, -0.15) is 0 Å². The maximum Gasteiger partial charge on any atom is 0.472 e. The highest BCUT2D eigenvalue weighted by molar-refractivity contribution is 7.47. The lowest BCUT2D eigenvalue weighted by Crippen LogP contribution is -2.29. The summed E-state index contributed by atoms with van der Waals surface area (Å²) >= 11 is 0. The molecule has 0 heterocycles. The minimum Gasteiger partial charge on any atom is -0.457 e. The number of carbonyl (C=O) groups is 1. The fraction of sp³-hybridized carbons (Fsp3) is 0.983. The summed E-state index contributed by atoms with van der Waals surface area (Å²) in [6.45, 7) is 3.62. The van der Waals surface area contributed by atoms with Crippen molar-refractivity contribution in [3.63, 3.8) is 0 Å². The first kappa shape index (κ1) is 67.5. The zero-order valence-corrected chi connectivity index (χ0v) is 46.3. The van der Waals surface area contributed by atoms with E-state index in [2.05, 4.69) is 13.8 Å². The first-order chi connectivity index (χ1) is 33.3. The molecule has 1 unspecified atom stereocenters. The Morgan fingerprint density at radius 3 is 0.956 bits per heavy atom. The van der Waals surface area contributed by atoms with E-state index in [1.54, 1.807) is 0 Å². The van der Waals surface area contributed by atoms with Gasteiger partial charge in [0.05, 0.1) is 26.4 Å². The lowest BCUT2D eigenvalue weighted by molar-refractivity contribution is -0.154. The third-order valence-corrected chi connectivity index (χ3v) is 14.7. The summed E-state index contributed by atoms with van der Waals surface area (Å²) in [5.41, 5.74) is 0. The molecule has 0 aromatic heterocycles. The Labute approximate surface area is 422 Å². The van der Waals surface area contributed by atoms with Crippen LogP contribution in [0.2, 0.25) is 0 Å². The number of aliphatic hydroxyl groups excluding tert-OH is 2.